The molecule has 1 heterocycles. The van der Waals surface area contributed by atoms with E-state index in [2.05, 4.69) is 20.9 Å². The van der Waals surface area contributed by atoms with Gasteiger partial charge in [-0.15, -0.1) is 24.0 Å². The minimum Gasteiger partial charge on any atom is -0.459 e. The van der Waals surface area contributed by atoms with Crippen LogP contribution in [0.3, 0.4) is 0 Å². The molecule has 3 N–H and O–H groups in total. The van der Waals surface area contributed by atoms with Gasteiger partial charge in [0, 0.05) is 32.2 Å². The van der Waals surface area contributed by atoms with Crippen molar-refractivity contribution in [3.05, 3.63) is 58.8 Å². The number of amides is 1. The predicted octanol–water partition coefficient (Wildman–Crippen LogP) is 3.85. The van der Waals surface area contributed by atoms with E-state index in [0.29, 0.717) is 25.6 Å². The fourth-order valence-electron chi connectivity index (χ4n) is 2.55. The third kappa shape index (κ3) is 7.50. The first kappa shape index (κ1) is 25.7. The number of hydrogen-bond acceptors (Lipinski definition) is 3. The molecule has 1 aromatic carbocycles. The second kappa shape index (κ2) is 11.8. The fourth-order valence-corrected chi connectivity index (χ4v) is 2.55. The number of guanidine groups is 1. The number of aliphatic imine (C=N–C) groups is 1. The lowest BCUT2D eigenvalue weighted by Gasteiger charge is -2.16. The van der Waals surface area contributed by atoms with Gasteiger partial charge in [-0.3, -0.25) is 9.79 Å². The van der Waals surface area contributed by atoms with Crippen LogP contribution in [0.1, 0.15) is 33.7 Å². The Morgan fingerprint density at radius 3 is 2.43 bits per heavy atom. The van der Waals surface area contributed by atoms with E-state index in [1.165, 1.54) is 13.3 Å². The quantitative estimate of drug-likeness (QED) is 0.163. The van der Waals surface area contributed by atoms with Crippen LogP contribution in [0.2, 0.25) is 0 Å². The summed E-state index contributed by atoms with van der Waals surface area (Å²) in [5, 5.41) is 8.41. The zero-order valence-corrected chi connectivity index (χ0v) is 18.7. The molecule has 11 heteroatoms. The Labute approximate surface area is 188 Å². The number of carbonyl (C=O) groups excluding carboxylic acids is 1. The van der Waals surface area contributed by atoms with E-state index in [1.54, 1.807) is 13.0 Å². The lowest BCUT2D eigenvalue weighted by molar-refractivity contribution is -0.138. The molecule has 166 valence electrons. The van der Waals surface area contributed by atoms with Gasteiger partial charge in [-0.1, -0.05) is 6.07 Å². The number of halogens is 5. The van der Waals surface area contributed by atoms with E-state index in [0.717, 1.165) is 17.7 Å². The van der Waals surface area contributed by atoms with E-state index in [4.69, 9.17) is 4.42 Å². The second-order valence-corrected chi connectivity index (χ2v) is 6.19. The van der Waals surface area contributed by atoms with Crippen LogP contribution in [0.5, 0.6) is 0 Å². The SMILES string of the molecule is CN=C(NCCCNC(=O)c1occc1C)NCc1ccc(F)cc1C(F)(F)F.I. The normalized spacial score (nSPS) is 11.6. The molecule has 0 bridgehead atoms. The summed E-state index contributed by atoms with van der Waals surface area (Å²) in [7, 11) is 1.48. The number of alkyl halides is 3. The Kier molecular flexibility index (Phi) is 10.1. The highest BCUT2D eigenvalue weighted by Crippen LogP contribution is 2.32. The first-order valence-electron chi connectivity index (χ1n) is 8.84. The van der Waals surface area contributed by atoms with Crippen LogP contribution < -0.4 is 16.0 Å². The van der Waals surface area contributed by atoms with Gasteiger partial charge in [0.25, 0.3) is 5.91 Å². The van der Waals surface area contributed by atoms with Gasteiger partial charge in [-0.2, -0.15) is 13.2 Å². The molecule has 0 saturated carbocycles. The second-order valence-electron chi connectivity index (χ2n) is 6.19. The molecule has 30 heavy (non-hydrogen) atoms. The summed E-state index contributed by atoms with van der Waals surface area (Å²) in [5.41, 5.74) is -0.386. The molecule has 0 aliphatic rings. The minimum absolute atomic E-state index is 0. The van der Waals surface area contributed by atoms with Crippen molar-refractivity contribution in [3.63, 3.8) is 0 Å². The number of nitrogens with zero attached hydrogens (tertiary/aromatic N) is 1. The number of benzene rings is 1. The van der Waals surface area contributed by atoms with E-state index < -0.39 is 17.6 Å². The van der Waals surface area contributed by atoms with Gasteiger partial charge in [-0.25, -0.2) is 4.39 Å². The van der Waals surface area contributed by atoms with Gasteiger partial charge < -0.3 is 20.4 Å². The van der Waals surface area contributed by atoms with Crippen molar-refractivity contribution in [2.45, 2.75) is 26.1 Å². The molecule has 0 spiro atoms. The molecule has 0 unspecified atom stereocenters. The van der Waals surface area contributed by atoms with Crippen molar-refractivity contribution in [1.29, 1.82) is 0 Å². The van der Waals surface area contributed by atoms with Crippen LogP contribution in [0.4, 0.5) is 17.6 Å². The van der Waals surface area contributed by atoms with Crippen molar-refractivity contribution < 1.29 is 26.8 Å². The molecule has 0 saturated heterocycles. The summed E-state index contributed by atoms with van der Waals surface area (Å²) in [6.45, 7) is 2.38. The molecule has 0 aliphatic heterocycles. The molecule has 2 aromatic rings. The number of hydrogen-bond donors (Lipinski definition) is 3. The maximum Gasteiger partial charge on any atom is 0.416 e. The number of aryl methyl sites for hydroxylation is 1. The summed E-state index contributed by atoms with van der Waals surface area (Å²) in [6, 6.07) is 4.23. The molecule has 1 amide bonds. The Morgan fingerprint density at radius 2 is 1.83 bits per heavy atom. The van der Waals surface area contributed by atoms with Crippen LogP contribution in [0.15, 0.2) is 39.9 Å². The van der Waals surface area contributed by atoms with Crippen LogP contribution in [0.25, 0.3) is 0 Å². The van der Waals surface area contributed by atoms with E-state index in [-0.39, 0.29) is 53.7 Å². The Hall–Kier alpha value is -2.31. The zero-order chi connectivity index (χ0) is 21.4. The highest BCUT2D eigenvalue weighted by Gasteiger charge is 2.33. The largest absolute Gasteiger partial charge is 0.459 e. The van der Waals surface area contributed by atoms with Crippen LogP contribution in [-0.2, 0) is 12.7 Å². The number of nitrogens with one attached hydrogen (secondary N) is 3. The molecule has 6 nitrogen and oxygen atoms in total. The summed E-state index contributed by atoms with van der Waals surface area (Å²) < 4.78 is 57.3. The maximum atomic E-state index is 13.2. The average Bonchev–Trinajstić information content (AvgIpc) is 3.09. The van der Waals surface area contributed by atoms with Gasteiger partial charge in [0.15, 0.2) is 11.7 Å². The summed E-state index contributed by atoms with van der Waals surface area (Å²) >= 11 is 0. The first-order valence-corrected chi connectivity index (χ1v) is 8.84. The van der Waals surface area contributed by atoms with Crippen molar-refractivity contribution in [2.24, 2.45) is 4.99 Å². The Morgan fingerprint density at radius 1 is 1.13 bits per heavy atom. The molecule has 0 radical (unpaired) electrons. The molecule has 1 aromatic heterocycles. The highest BCUT2D eigenvalue weighted by molar-refractivity contribution is 14.0. The smallest absolute Gasteiger partial charge is 0.416 e. The first-order chi connectivity index (χ1) is 13.7. The van der Waals surface area contributed by atoms with Gasteiger partial charge in [0.05, 0.1) is 11.8 Å². The fraction of sp³-hybridized carbons (Fsp3) is 0.368. The summed E-state index contributed by atoms with van der Waals surface area (Å²) in [4.78, 5) is 15.8. The monoisotopic (exact) mass is 542 g/mol. The van der Waals surface area contributed by atoms with Crippen molar-refractivity contribution in [1.82, 2.24) is 16.0 Å². The van der Waals surface area contributed by atoms with Gasteiger partial charge in [0.1, 0.15) is 5.82 Å². The molecular weight excluding hydrogens is 519 g/mol. The number of furan rings is 1. The lowest BCUT2D eigenvalue weighted by atomic mass is 10.1. The van der Waals surface area contributed by atoms with Crippen molar-refractivity contribution >= 4 is 35.8 Å². The third-order valence-electron chi connectivity index (χ3n) is 4.05. The Bertz CT molecular complexity index is 868. The molecular formula is C19H23F4IN4O2. The predicted molar refractivity (Wildman–Crippen MR) is 115 cm³/mol. The maximum absolute atomic E-state index is 13.2. The van der Waals surface area contributed by atoms with E-state index in [1.807, 2.05) is 0 Å². The molecule has 0 fully saturated rings. The standard InChI is InChI=1S/C19H22F4N4O2.HI/c1-12-6-9-29-16(12)17(28)25-7-3-8-26-18(24-2)27-11-13-4-5-14(20)10-15(13)19(21,22)23;/h4-6,9-10H,3,7-8,11H2,1-2H3,(H,25,28)(H2,24,26,27);1H. The highest BCUT2D eigenvalue weighted by atomic mass is 127. The van der Waals surface area contributed by atoms with Crippen LogP contribution in [0, 0.1) is 12.7 Å². The van der Waals surface area contributed by atoms with Crippen molar-refractivity contribution in [3.8, 4) is 0 Å². The van der Waals surface area contributed by atoms with Crippen LogP contribution in [-0.4, -0.2) is 32.0 Å². The third-order valence-corrected chi connectivity index (χ3v) is 4.05. The topological polar surface area (TPSA) is 78.7 Å². The van der Waals surface area contributed by atoms with Crippen molar-refractivity contribution in [2.75, 3.05) is 20.1 Å². The lowest BCUT2D eigenvalue weighted by Crippen LogP contribution is -2.38. The zero-order valence-electron chi connectivity index (χ0n) is 16.4. The van der Waals surface area contributed by atoms with Gasteiger partial charge in [0.2, 0.25) is 0 Å². The van der Waals surface area contributed by atoms with Gasteiger partial charge in [-0.05, 0) is 37.1 Å². The number of rotatable bonds is 7. The molecule has 0 atom stereocenters. The molecule has 0 aliphatic carbocycles. The van der Waals surface area contributed by atoms with Gasteiger partial charge >= 0.3 is 6.18 Å². The average molecular weight is 542 g/mol. The summed E-state index contributed by atoms with van der Waals surface area (Å²) in [6.07, 6.45) is -2.66. The molecule has 2 rings (SSSR count). The number of carbonyl (C=O) groups is 1. The van der Waals surface area contributed by atoms with E-state index in [9.17, 15) is 22.4 Å². The Balaban J connectivity index is 0.00000450. The minimum atomic E-state index is -4.65. The van der Waals surface area contributed by atoms with E-state index >= 15 is 0 Å². The van der Waals surface area contributed by atoms with Crippen LogP contribution >= 0.6 is 24.0 Å². The summed E-state index contributed by atoms with van der Waals surface area (Å²) in [5.74, 6) is -0.716.